The van der Waals surface area contributed by atoms with Gasteiger partial charge in [0.1, 0.15) is 0 Å². The normalized spacial score (nSPS) is 10.5. The van der Waals surface area contributed by atoms with E-state index in [1.807, 2.05) is 0 Å². The van der Waals surface area contributed by atoms with E-state index < -0.39 is 9.28 Å². The molecule has 0 bridgehead atoms. The molecular weight excluding hydrogens is 124 g/mol. The molecule has 0 radical (unpaired) electrons. The summed E-state index contributed by atoms with van der Waals surface area (Å²) in [6, 6.07) is 0.674. The highest BCUT2D eigenvalue weighted by atomic mass is 28.3. The minimum atomic E-state index is -1.44. The van der Waals surface area contributed by atoms with Crippen molar-refractivity contribution in [3.8, 4) is 0 Å². The van der Waals surface area contributed by atoms with Crippen molar-refractivity contribution in [2.24, 2.45) is 0 Å². The van der Waals surface area contributed by atoms with Crippen LogP contribution in [0.25, 0.3) is 0 Å². The first-order valence-electron chi connectivity index (χ1n) is 2.51. The molecule has 1 N–H and O–H groups in total. The van der Waals surface area contributed by atoms with Gasteiger partial charge in [-0.25, -0.2) is 0 Å². The van der Waals surface area contributed by atoms with Crippen LogP contribution in [0, 0.1) is 0 Å². The zero-order chi connectivity index (χ0) is 6.41. The second-order valence-electron chi connectivity index (χ2n) is 1.41. The van der Waals surface area contributed by atoms with E-state index in [0.717, 1.165) is 0 Å². The van der Waals surface area contributed by atoms with Crippen molar-refractivity contribution in [2.75, 3.05) is 20.8 Å². The molecule has 0 atom stereocenters. The van der Waals surface area contributed by atoms with Crippen LogP contribution in [-0.2, 0) is 8.85 Å². The number of hydrogen-bond donors (Lipinski definition) is 1. The number of aliphatic hydroxyl groups excluding tert-OH is 1. The van der Waals surface area contributed by atoms with E-state index in [1.165, 1.54) is 0 Å². The van der Waals surface area contributed by atoms with Gasteiger partial charge in [0.15, 0.2) is 0 Å². The van der Waals surface area contributed by atoms with Gasteiger partial charge in [0.25, 0.3) is 0 Å². The van der Waals surface area contributed by atoms with Gasteiger partial charge in [0, 0.05) is 26.9 Å². The summed E-state index contributed by atoms with van der Waals surface area (Å²) >= 11 is 0. The van der Waals surface area contributed by atoms with Gasteiger partial charge in [0.2, 0.25) is 0 Å². The molecule has 3 nitrogen and oxygen atoms in total. The fourth-order valence-electron chi connectivity index (χ4n) is 0.437. The highest BCUT2D eigenvalue weighted by Crippen LogP contribution is 1.90. The van der Waals surface area contributed by atoms with Crippen LogP contribution in [-0.4, -0.2) is 35.2 Å². The third-order valence-corrected chi connectivity index (χ3v) is 2.67. The number of hydrogen-bond acceptors (Lipinski definition) is 3. The van der Waals surface area contributed by atoms with Gasteiger partial charge >= 0.3 is 9.28 Å². The second kappa shape index (κ2) is 5.24. The number of aliphatic hydroxyl groups is 1. The second-order valence-corrected chi connectivity index (χ2v) is 3.79. The minimum absolute atomic E-state index is 0.165. The Morgan fingerprint density at radius 2 is 1.88 bits per heavy atom. The largest absolute Gasteiger partial charge is 0.400 e. The average molecular weight is 136 g/mol. The van der Waals surface area contributed by atoms with Gasteiger partial charge in [-0.15, -0.1) is 0 Å². The van der Waals surface area contributed by atoms with E-state index in [9.17, 15) is 0 Å². The highest BCUT2D eigenvalue weighted by Gasteiger charge is 2.05. The fourth-order valence-corrected chi connectivity index (χ4v) is 1.31. The van der Waals surface area contributed by atoms with Gasteiger partial charge < -0.3 is 14.0 Å². The molecule has 4 heteroatoms. The molecule has 8 heavy (non-hydrogen) atoms. The van der Waals surface area contributed by atoms with Gasteiger partial charge in [-0.3, -0.25) is 0 Å². The van der Waals surface area contributed by atoms with Crippen LogP contribution < -0.4 is 0 Å². The van der Waals surface area contributed by atoms with Crippen molar-refractivity contribution in [3.63, 3.8) is 0 Å². The van der Waals surface area contributed by atoms with Crippen molar-refractivity contribution in [1.29, 1.82) is 0 Å². The van der Waals surface area contributed by atoms with E-state index in [0.29, 0.717) is 6.04 Å². The monoisotopic (exact) mass is 136 g/mol. The summed E-state index contributed by atoms with van der Waals surface area (Å²) in [6.45, 7) is 0.165. The highest BCUT2D eigenvalue weighted by molar-refractivity contribution is 6.44. The summed E-state index contributed by atoms with van der Waals surface area (Å²) in [5.74, 6) is 0. The standard InChI is InChI=1S/C4H12O3Si/c1-6-8(7-2)4-3-5/h5,8H,3-4H2,1-2H3. The Balaban J connectivity index is 3.07. The van der Waals surface area contributed by atoms with E-state index in [4.69, 9.17) is 14.0 Å². The first kappa shape index (κ1) is 8.10. The third kappa shape index (κ3) is 3.14. The summed E-state index contributed by atoms with van der Waals surface area (Å²) in [7, 11) is 1.77. The van der Waals surface area contributed by atoms with E-state index >= 15 is 0 Å². The Morgan fingerprint density at radius 1 is 1.38 bits per heavy atom. The predicted octanol–water partition coefficient (Wildman–Crippen LogP) is -0.508. The Morgan fingerprint density at radius 3 is 2.00 bits per heavy atom. The quantitative estimate of drug-likeness (QED) is 0.529. The first-order valence-corrected chi connectivity index (χ1v) is 4.27. The molecule has 0 spiro atoms. The average Bonchev–Trinajstić information content (AvgIpc) is 1.83. The van der Waals surface area contributed by atoms with E-state index in [1.54, 1.807) is 14.2 Å². The third-order valence-electron chi connectivity index (χ3n) is 0.891. The smallest absolute Gasteiger partial charge is 0.323 e. The molecule has 0 saturated carbocycles. The van der Waals surface area contributed by atoms with Crippen LogP contribution >= 0.6 is 0 Å². The summed E-state index contributed by atoms with van der Waals surface area (Å²) in [5, 5.41) is 8.37. The molecule has 0 aromatic rings. The lowest BCUT2D eigenvalue weighted by Crippen LogP contribution is -2.19. The lowest BCUT2D eigenvalue weighted by Gasteiger charge is -2.07. The Bertz CT molecular complexity index is 46.5. The maximum Gasteiger partial charge on any atom is 0.323 e. The molecule has 0 amide bonds. The molecule has 0 aliphatic heterocycles. The Labute approximate surface area is 51.1 Å². The molecule has 0 aromatic heterocycles. The zero-order valence-corrected chi connectivity index (χ0v) is 6.41. The van der Waals surface area contributed by atoms with Crippen LogP contribution in [0.4, 0.5) is 0 Å². The van der Waals surface area contributed by atoms with Crippen LogP contribution in [0.2, 0.25) is 6.04 Å². The first-order chi connectivity index (χ1) is 3.85. The van der Waals surface area contributed by atoms with Crippen LogP contribution in [0.1, 0.15) is 0 Å². The molecule has 0 rings (SSSR count). The van der Waals surface area contributed by atoms with E-state index in [-0.39, 0.29) is 6.61 Å². The van der Waals surface area contributed by atoms with E-state index in [2.05, 4.69) is 0 Å². The lowest BCUT2D eigenvalue weighted by atomic mass is 10.9. The van der Waals surface area contributed by atoms with Gasteiger partial charge in [-0.05, 0) is 0 Å². The molecular formula is C4H12O3Si. The van der Waals surface area contributed by atoms with Crippen LogP contribution in [0.3, 0.4) is 0 Å². The molecule has 0 aromatic carbocycles. The maximum absolute atomic E-state index is 8.37. The van der Waals surface area contributed by atoms with Gasteiger partial charge in [-0.2, -0.15) is 0 Å². The van der Waals surface area contributed by atoms with Crippen LogP contribution in [0.15, 0.2) is 0 Å². The van der Waals surface area contributed by atoms with Crippen LogP contribution in [0.5, 0.6) is 0 Å². The molecule has 0 aliphatic carbocycles. The molecule has 0 aliphatic rings. The topological polar surface area (TPSA) is 38.7 Å². The number of rotatable bonds is 4. The van der Waals surface area contributed by atoms with Crippen molar-refractivity contribution in [1.82, 2.24) is 0 Å². The van der Waals surface area contributed by atoms with Crippen molar-refractivity contribution in [3.05, 3.63) is 0 Å². The molecule has 0 unspecified atom stereocenters. The summed E-state index contributed by atoms with van der Waals surface area (Å²) in [4.78, 5) is 0. The van der Waals surface area contributed by atoms with Gasteiger partial charge in [0.05, 0.1) is 0 Å². The molecule has 0 saturated heterocycles. The van der Waals surface area contributed by atoms with Crippen molar-refractivity contribution >= 4 is 9.28 Å². The Kier molecular flexibility index (Phi) is 5.30. The van der Waals surface area contributed by atoms with Crippen molar-refractivity contribution < 1.29 is 14.0 Å². The fraction of sp³-hybridized carbons (Fsp3) is 1.00. The summed E-state index contributed by atoms with van der Waals surface area (Å²) in [6.07, 6.45) is 0. The molecule has 50 valence electrons. The lowest BCUT2D eigenvalue weighted by molar-refractivity contribution is 0.252. The van der Waals surface area contributed by atoms with Gasteiger partial charge in [-0.1, -0.05) is 0 Å². The maximum atomic E-state index is 8.37. The zero-order valence-electron chi connectivity index (χ0n) is 5.26. The summed E-state index contributed by atoms with van der Waals surface area (Å²) in [5.41, 5.74) is 0. The SMILES string of the molecule is CO[SiH](CCO)OC. The van der Waals surface area contributed by atoms with Crippen molar-refractivity contribution in [2.45, 2.75) is 6.04 Å². The molecule has 0 heterocycles. The summed E-state index contributed by atoms with van der Waals surface area (Å²) < 4.78 is 9.79. The minimum Gasteiger partial charge on any atom is -0.400 e. The molecule has 0 fully saturated rings. The Hall–Kier alpha value is 0.0969. The predicted molar refractivity (Wildman–Crippen MR) is 33.1 cm³/mol.